The first-order valence-corrected chi connectivity index (χ1v) is 9.04. The minimum atomic E-state index is 0.127. The van der Waals surface area contributed by atoms with Gasteiger partial charge in [-0.05, 0) is 68.7 Å². The van der Waals surface area contributed by atoms with Crippen LogP contribution in [-0.2, 0) is 9.53 Å². The minimum Gasteiger partial charge on any atom is -0.381 e. The smallest absolute Gasteiger partial charge is 0.224 e. The van der Waals surface area contributed by atoms with Crippen LogP contribution >= 0.6 is 0 Å². The van der Waals surface area contributed by atoms with Gasteiger partial charge in [0, 0.05) is 44.1 Å². The van der Waals surface area contributed by atoms with Crippen LogP contribution in [0.2, 0.25) is 0 Å². The van der Waals surface area contributed by atoms with E-state index in [1.54, 1.807) is 0 Å². The Morgan fingerprint density at radius 1 is 1.09 bits per heavy atom. The van der Waals surface area contributed by atoms with Crippen LogP contribution in [-0.4, -0.2) is 32.2 Å². The van der Waals surface area contributed by atoms with E-state index in [4.69, 9.17) is 4.74 Å². The van der Waals surface area contributed by atoms with E-state index in [0.29, 0.717) is 12.3 Å². The van der Waals surface area contributed by atoms with Gasteiger partial charge in [-0.3, -0.25) is 4.79 Å². The van der Waals surface area contributed by atoms with Crippen molar-refractivity contribution in [1.29, 1.82) is 0 Å². The number of benzene rings is 1. The van der Waals surface area contributed by atoms with Crippen molar-refractivity contribution < 1.29 is 9.53 Å². The van der Waals surface area contributed by atoms with Crippen molar-refractivity contribution in [2.45, 2.75) is 44.9 Å². The summed E-state index contributed by atoms with van der Waals surface area (Å²) >= 11 is 0. The summed E-state index contributed by atoms with van der Waals surface area (Å²) in [6.45, 7) is 4.00. The summed E-state index contributed by atoms with van der Waals surface area (Å²) in [6.07, 6.45) is 7.68. The molecule has 0 aromatic heterocycles. The first-order valence-electron chi connectivity index (χ1n) is 9.04. The lowest BCUT2D eigenvalue weighted by Crippen LogP contribution is -2.29. The van der Waals surface area contributed by atoms with Gasteiger partial charge in [-0.15, -0.1) is 0 Å². The van der Waals surface area contributed by atoms with Crippen molar-refractivity contribution in [2.75, 3.05) is 36.5 Å². The van der Waals surface area contributed by atoms with Crippen molar-refractivity contribution in [3.05, 3.63) is 24.3 Å². The number of carbonyl (C=O) groups is 1. The van der Waals surface area contributed by atoms with E-state index in [2.05, 4.69) is 22.3 Å². The molecule has 0 atom stereocenters. The molecule has 0 radical (unpaired) electrons. The van der Waals surface area contributed by atoms with Crippen molar-refractivity contribution in [2.24, 2.45) is 5.92 Å². The van der Waals surface area contributed by atoms with Crippen molar-refractivity contribution in [3.63, 3.8) is 0 Å². The Hall–Kier alpha value is -1.55. The maximum atomic E-state index is 12.1. The highest BCUT2D eigenvalue weighted by molar-refractivity contribution is 5.90. The number of anilines is 2. The fourth-order valence-corrected chi connectivity index (χ4v) is 3.50. The molecule has 2 aliphatic heterocycles. The topological polar surface area (TPSA) is 41.6 Å². The van der Waals surface area contributed by atoms with Crippen LogP contribution in [0.15, 0.2) is 24.3 Å². The molecule has 3 rings (SSSR count). The van der Waals surface area contributed by atoms with E-state index in [9.17, 15) is 4.79 Å². The normalized spacial score (nSPS) is 19.6. The molecule has 2 heterocycles. The van der Waals surface area contributed by atoms with Gasteiger partial charge in [-0.2, -0.15) is 0 Å². The zero-order valence-corrected chi connectivity index (χ0v) is 13.9. The summed E-state index contributed by atoms with van der Waals surface area (Å²) < 4.78 is 5.36. The number of amides is 1. The van der Waals surface area contributed by atoms with E-state index < -0.39 is 0 Å². The largest absolute Gasteiger partial charge is 0.381 e. The molecular formula is C19H28N2O2. The highest BCUT2D eigenvalue weighted by Crippen LogP contribution is 2.23. The van der Waals surface area contributed by atoms with Gasteiger partial charge in [0.25, 0.3) is 0 Å². The highest BCUT2D eigenvalue weighted by Gasteiger charge is 2.15. The van der Waals surface area contributed by atoms with Gasteiger partial charge in [0.2, 0.25) is 5.91 Å². The molecule has 1 aromatic rings. The molecule has 0 aliphatic carbocycles. The predicted molar refractivity (Wildman–Crippen MR) is 93.9 cm³/mol. The van der Waals surface area contributed by atoms with E-state index in [1.165, 1.54) is 24.9 Å². The molecule has 4 nitrogen and oxygen atoms in total. The summed E-state index contributed by atoms with van der Waals surface area (Å²) in [6, 6.07) is 8.30. The fraction of sp³-hybridized carbons (Fsp3) is 0.632. The fourth-order valence-electron chi connectivity index (χ4n) is 3.50. The Bertz CT molecular complexity index is 489. The number of carbonyl (C=O) groups excluding carboxylic acids is 1. The molecule has 4 heteroatoms. The third-order valence-corrected chi connectivity index (χ3v) is 4.99. The quantitative estimate of drug-likeness (QED) is 0.898. The molecule has 23 heavy (non-hydrogen) atoms. The molecule has 1 amide bonds. The summed E-state index contributed by atoms with van der Waals surface area (Å²) in [7, 11) is 0. The van der Waals surface area contributed by atoms with E-state index >= 15 is 0 Å². The van der Waals surface area contributed by atoms with Gasteiger partial charge >= 0.3 is 0 Å². The number of nitrogens with zero attached hydrogens (tertiary/aromatic N) is 1. The minimum absolute atomic E-state index is 0.127. The van der Waals surface area contributed by atoms with Crippen LogP contribution in [0.5, 0.6) is 0 Å². The molecule has 1 N–H and O–H groups in total. The summed E-state index contributed by atoms with van der Waals surface area (Å²) in [5, 5.41) is 3.02. The first-order chi connectivity index (χ1) is 11.3. The molecular weight excluding hydrogens is 288 g/mol. The number of hydrogen-bond acceptors (Lipinski definition) is 3. The molecule has 2 saturated heterocycles. The molecule has 2 fully saturated rings. The number of nitrogens with one attached hydrogen (secondary N) is 1. The summed E-state index contributed by atoms with van der Waals surface area (Å²) in [5.41, 5.74) is 2.17. The Morgan fingerprint density at radius 3 is 2.48 bits per heavy atom. The summed E-state index contributed by atoms with van der Waals surface area (Å²) in [5.74, 6) is 0.776. The second kappa shape index (κ2) is 8.34. The maximum Gasteiger partial charge on any atom is 0.224 e. The zero-order chi connectivity index (χ0) is 15.9. The lowest BCUT2D eigenvalue weighted by Gasteiger charge is -2.28. The van der Waals surface area contributed by atoms with Crippen molar-refractivity contribution in [1.82, 2.24) is 0 Å². The van der Waals surface area contributed by atoms with Gasteiger partial charge in [0.15, 0.2) is 0 Å². The molecule has 0 bridgehead atoms. The van der Waals surface area contributed by atoms with E-state index in [1.807, 2.05) is 12.1 Å². The van der Waals surface area contributed by atoms with Gasteiger partial charge in [0.1, 0.15) is 0 Å². The second-order valence-electron chi connectivity index (χ2n) is 6.74. The molecule has 0 unspecified atom stereocenters. The SMILES string of the molecule is O=C(CCC1CCOCC1)Nc1ccc(N2CCCCC2)cc1. The van der Waals surface area contributed by atoms with E-state index in [-0.39, 0.29) is 5.91 Å². The predicted octanol–water partition coefficient (Wildman–Crippen LogP) is 3.82. The van der Waals surface area contributed by atoms with Gasteiger partial charge in [0.05, 0.1) is 0 Å². The Balaban J connectivity index is 1.44. The van der Waals surface area contributed by atoms with Gasteiger partial charge < -0.3 is 15.0 Å². The molecule has 2 aliphatic rings. The van der Waals surface area contributed by atoms with Crippen molar-refractivity contribution in [3.8, 4) is 0 Å². The standard InChI is InChI=1S/C19H28N2O2/c22-19(9-4-16-10-14-23-15-11-16)20-17-5-7-18(8-6-17)21-12-2-1-3-13-21/h5-8,16H,1-4,9-15H2,(H,20,22). The van der Waals surface area contributed by atoms with E-state index in [0.717, 1.165) is 51.3 Å². The van der Waals surface area contributed by atoms with Crippen LogP contribution in [0.25, 0.3) is 0 Å². The van der Waals surface area contributed by atoms with Crippen LogP contribution < -0.4 is 10.2 Å². The highest BCUT2D eigenvalue weighted by atomic mass is 16.5. The van der Waals surface area contributed by atoms with Crippen LogP contribution in [0.4, 0.5) is 11.4 Å². The number of ether oxygens (including phenoxy) is 1. The monoisotopic (exact) mass is 316 g/mol. The molecule has 0 saturated carbocycles. The number of rotatable bonds is 5. The van der Waals surface area contributed by atoms with Crippen LogP contribution in [0.1, 0.15) is 44.9 Å². The van der Waals surface area contributed by atoms with Crippen molar-refractivity contribution >= 4 is 17.3 Å². The molecule has 126 valence electrons. The molecule has 1 aromatic carbocycles. The first kappa shape index (κ1) is 16.3. The lowest BCUT2D eigenvalue weighted by atomic mass is 9.95. The maximum absolute atomic E-state index is 12.1. The second-order valence-corrected chi connectivity index (χ2v) is 6.74. The van der Waals surface area contributed by atoms with Gasteiger partial charge in [-0.25, -0.2) is 0 Å². The zero-order valence-electron chi connectivity index (χ0n) is 13.9. The summed E-state index contributed by atoms with van der Waals surface area (Å²) in [4.78, 5) is 14.5. The number of piperidine rings is 1. The molecule has 0 spiro atoms. The Labute approximate surface area is 139 Å². The Kier molecular flexibility index (Phi) is 5.92. The third kappa shape index (κ3) is 4.96. The number of hydrogen-bond donors (Lipinski definition) is 1. The lowest BCUT2D eigenvalue weighted by molar-refractivity contribution is -0.116. The Morgan fingerprint density at radius 2 is 1.78 bits per heavy atom. The average Bonchev–Trinajstić information content (AvgIpc) is 2.62. The van der Waals surface area contributed by atoms with Gasteiger partial charge in [-0.1, -0.05) is 0 Å². The van der Waals surface area contributed by atoms with Crippen LogP contribution in [0, 0.1) is 5.92 Å². The average molecular weight is 316 g/mol. The van der Waals surface area contributed by atoms with Crippen LogP contribution in [0.3, 0.4) is 0 Å². The third-order valence-electron chi connectivity index (χ3n) is 4.99.